The number of aromatic nitrogens is 2. The minimum absolute atomic E-state index is 0.340. The molecule has 0 bridgehead atoms. The second-order valence-corrected chi connectivity index (χ2v) is 6.62. The number of hydrazine groups is 1. The first-order valence-electron chi connectivity index (χ1n) is 8.19. The van der Waals surface area contributed by atoms with Crippen molar-refractivity contribution in [2.75, 3.05) is 0 Å². The average Bonchev–Trinajstić information content (AvgIpc) is 2.92. The Hall–Kier alpha value is -0.870. The molecule has 114 valence electrons. The van der Waals surface area contributed by atoms with Gasteiger partial charge in [-0.3, -0.25) is 16.0 Å². The Morgan fingerprint density at radius 1 is 1.30 bits per heavy atom. The van der Waals surface area contributed by atoms with E-state index in [0.717, 1.165) is 18.8 Å². The molecule has 4 heteroatoms. The second kappa shape index (κ2) is 7.79. The summed E-state index contributed by atoms with van der Waals surface area (Å²) in [7, 11) is 0. The van der Waals surface area contributed by atoms with Crippen molar-refractivity contribution in [1.29, 1.82) is 0 Å². The van der Waals surface area contributed by atoms with Crippen LogP contribution in [0.5, 0.6) is 0 Å². The Morgan fingerprint density at radius 3 is 2.70 bits per heavy atom. The van der Waals surface area contributed by atoms with E-state index in [9.17, 15) is 0 Å². The van der Waals surface area contributed by atoms with E-state index in [4.69, 9.17) is 10.9 Å². The summed E-state index contributed by atoms with van der Waals surface area (Å²) in [5.41, 5.74) is 4.11. The number of rotatable bonds is 7. The van der Waals surface area contributed by atoms with E-state index < -0.39 is 0 Å². The minimum atomic E-state index is 0.340. The van der Waals surface area contributed by atoms with Gasteiger partial charge in [0.1, 0.15) is 0 Å². The van der Waals surface area contributed by atoms with Gasteiger partial charge in [-0.25, -0.2) is 0 Å². The van der Waals surface area contributed by atoms with Gasteiger partial charge in [-0.2, -0.15) is 5.10 Å². The molecule has 1 saturated carbocycles. The number of nitrogens with one attached hydrogen (secondary N) is 1. The van der Waals surface area contributed by atoms with Crippen molar-refractivity contribution >= 4 is 0 Å². The molecule has 1 unspecified atom stereocenters. The first-order valence-corrected chi connectivity index (χ1v) is 8.19. The molecule has 1 aliphatic rings. The highest BCUT2D eigenvalue weighted by molar-refractivity contribution is 5.02. The molecule has 0 saturated heterocycles. The van der Waals surface area contributed by atoms with Gasteiger partial charge in [0.15, 0.2) is 0 Å². The van der Waals surface area contributed by atoms with Crippen LogP contribution in [0.15, 0.2) is 12.3 Å². The van der Waals surface area contributed by atoms with Crippen LogP contribution in [0.1, 0.15) is 70.5 Å². The van der Waals surface area contributed by atoms with E-state index in [0.29, 0.717) is 12.1 Å². The normalized spacial score (nSPS) is 18.6. The van der Waals surface area contributed by atoms with Gasteiger partial charge in [0.2, 0.25) is 0 Å². The van der Waals surface area contributed by atoms with E-state index in [1.165, 1.54) is 44.2 Å². The maximum absolute atomic E-state index is 5.67. The van der Waals surface area contributed by atoms with Crippen molar-refractivity contribution in [1.82, 2.24) is 15.2 Å². The molecule has 0 spiro atoms. The Bertz CT molecular complexity index is 380. The Labute approximate surface area is 123 Å². The quantitative estimate of drug-likeness (QED) is 0.595. The van der Waals surface area contributed by atoms with Crippen molar-refractivity contribution < 1.29 is 0 Å². The van der Waals surface area contributed by atoms with E-state index in [-0.39, 0.29) is 0 Å². The molecule has 1 fully saturated rings. The van der Waals surface area contributed by atoms with E-state index in [2.05, 4.69) is 36.2 Å². The summed E-state index contributed by atoms with van der Waals surface area (Å²) in [4.78, 5) is 0. The molecule has 0 aliphatic heterocycles. The fourth-order valence-corrected chi connectivity index (χ4v) is 3.07. The largest absolute Gasteiger partial charge is 0.271 e. The zero-order valence-corrected chi connectivity index (χ0v) is 13.0. The van der Waals surface area contributed by atoms with Crippen molar-refractivity contribution in [3.05, 3.63) is 18.0 Å². The van der Waals surface area contributed by atoms with Crippen LogP contribution in [0.4, 0.5) is 0 Å². The van der Waals surface area contributed by atoms with Gasteiger partial charge in [0.05, 0.1) is 11.7 Å². The van der Waals surface area contributed by atoms with Crippen molar-refractivity contribution in [2.45, 2.75) is 77.3 Å². The van der Waals surface area contributed by atoms with Crippen molar-refractivity contribution in [3.8, 4) is 0 Å². The minimum Gasteiger partial charge on any atom is -0.271 e. The van der Waals surface area contributed by atoms with E-state index >= 15 is 0 Å². The molecule has 1 aromatic rings. The lowest BCUT2D eigenvalue weighted by molar-refractivity contribution is 0.327. The van der Waals surface area contributed by atoms with Crippen molar-refractivity contribution in [3.63, 3.8) is 0 Å². The van der Waals surface area contributed by atoms with Crippen LogP contribution in [-0.2, 0) is 6.42 Å². The van der Waals surface area contributed by atoms with Crippen LogP contribution < -0.4 is 11.3 Å². The molecule has 0 radical (unpaired) electrons. The zero-order valence-electron chi connectivity index (χ0n) is 13.0. The molecule has 1 heterocycles. The Balaban J connectivity index is 1.87. The molecule has 1 atom stereocenters. The van der Waals surface area contributed by atoms with Crippen LogP contribution in [-0.4, -0.2) is 15.8 Å². The average molecular weight is 278 g/mol. The van der Waals surface area contributed by atoms with Crippen LogP contribution in [0.25, 0.3) is 0 Å². The first-order chi connectivity index (χ1) is 9.69. The molecule has 2 rings (SSSR count). The fourth-order valence-electron chi connectivity index (χ4n) is 3.07. The maximum atomic E-state index is 5.67. The first kappa shape index (κ1) is 15.5. The van der Waals surface area contributed by atoms with Gasteiger partial charge in [0, 0.05) is 18.7 Å². The SMILES string of the molecule is CC(C)CCC(Cc1ccn(C2CCCCC2)n1)NN. The van der Waals surface area contributed by atoms with Gasteiger partial charge >= 0.3 is 0 Å². The van der Waals surface area contributed by atoms with Crippen molar-refractivity contribution in [2.24, 2.45) is 11.8 Å². The third kappa shape index (κ3) is 4.60. The molecule has 4 nitrogen and oxygen atoms in total. The molecule has 3 N–H and O–H groups in total. The van der Waals surface area contributed by atoms with Crippen LogP contribution >= 0.6 is 0 Å². The van der Waals surface area contributed by atoms with Gasteiger partial charge in [-0.05, 0) is 37.7 Å². The fraction of sp³-hybridized carbons (Fsp3) is 0.812. The van der Waals surface area contributed by atoms with Gasteiger partial charge < -0.3 is 0 Å². The standard InChI is InChI=1S/C16H30N4/c1-13(2)8-9-14(18-17)12-15-10-11-20(19-15)16-6-4-3-5-7-16/h10-11,13-14,16,18H,3-9,12,17H2,1-2H3. The lowest BCUT2D eigenvalue weighted by atomic mass is 9.96. The Morgan fingerprint density at radius 2 is 2.05 bits per heavy atom. The van der Waals surface area contributed by atoms with Gasteiger partial charge in [-0.15, -0.1) is 0 Å². The van der Waals surface area contributed by atoms with Crippen LogP contribution in [0, 0.1) is 5.92 Å². The molecule has 0 amide bonds. The molecule has 20 heavy (non-hydrogen) atoms. The van der Waals surface area contributed by atoms with E-state index in [1.807, 2.05) is 0 Å². The summed E-state index contributed by atoms with van der Waals surface area (Å²) in [5, 5.41) is 4.77. The highest BCUT2D eigenvalue weighted by Crippen LogP contribution is 2.27. The lowest BCUT2D eigenvalue weighted by Gasteiger charge is -2.22. The summed E-state index contributed by atoms with van der Waals surface area (Å²) in [5.74, 6) is 6.40. The van der Waals surface area contributed by atoms with Gasteiger partial charge in [0.25, 0.3) is 0 Å². The van der Waals surface area contributed by atoms with E-state index in [1.54, 1.807) is 0 Å². The van der Waals surface area contributed by atoms with Crippen LogP contribution in [0.3, 0.4) is 0 Å². The predicted molar refractivity (Wildman–Crippen MR) is 83.2 cm³/mol. The summed E-state index contributed by atoms with van der Waals surface area (Å²) in [6.07, 6.45) is 12.1. The number of hydrogen-bond donors (Lipinski definition) is 2. The third-order valence-corrected chi connectivity index (χ3v) is 4.40. The number of nitrogens with two attached hydrogens (primary N) is 1. The molecule has 0 aromatic carbocycles. The highest BCUT2D eigenvalue weighted by Gasteiger charge is 2.17. The third-order valence-electron chi connectivity index (χ3n) is 4.40. The maximum Gasteiger partial charge on any atom is 0.0640 e. The summed E-state index contributed by atoms with van der Waals surface area (Å²) < 4.78 is 2.19. The molecule has 1 aromatic heterocycles. The summed E-state index contributed by atoms with van der Waals surface area (Å²) >= 11 is 0. The zero-order chi connectivity index (χ0) is 14.4. The smallest absolute Gasteiger partial charge is 0.0640 e. The summed E-state index contributed by atoms with van der Waals surface area (Å²) in [6, 6.07) is 3.12. The monoisotopic (exact) mass is 278 g/mol. The van der Waals surface area contributed by atoms with Crippen LogP contribution in [0.2, 0.25) is 0 Å². The number of nitrogens with zero attached hydrogens (tertiary/aromatic N) is 2. The predicted octanol–water partition coefficient (Wildman–Crippen LogP) is 3.20. The topological polar surface area (TPSA) is 55.9 Å². The number of hydrogen-bond acceptors (Lipinski definition) is 3. The Kier molecular flexibility index (Phi) is 6.05. The molecular weight excluding hydrogens is 248 g/mol. The summed E-state index contributed by atoms with van der Waals surface area (Å²) in [6.45, 7) is 4.51. The lowest BCUT2D eigenvalue weighted by Crippen LogP contribution is -2.37. The highest BCUT2D eigenvalue weighted by atomic mass is 15.3. The van der Waals surface area contributed by atoms with Gasteiger partial charge in [-0.1, -0.05) is 33.1 Å². The second-order valence-electron chi connectivity index (χ2n) is 6.62. The molecule has 1 aliphatic carbocycles. The molecular formula is C16H30N4.